The summed E-state index contributed by atoms with van der Waals surface area (Å²) in [5, 5.41) is 2.12. The van der Waals surface area contributed by atoms with Crippen LogP contribution in [0.5, 0.6) is 0 Å². The number of rotatable bonds is 5. The third-order valence-electron chi connectivity index (χ3n) is 5.07. The van der Waals surface area contributed by atoms with Gasteiger partial charge in [-0.25, -0.2) is 4.79 Å². The van der Waals surface area contributed by atoms with Crippen LogP contribution in [0.15, 0.2) is 60.7 Å². The SMILES string of the molecule is C[C@H](O[Si](c1ccccc1)(c1ccccc1)C(C)(C)C)[C@@H]1OC(=O)C1(Cl)Cl. The number of carbonyl (C=O) groups is 1. The Bertz CT molecular complexity index is 764. The van der Waals surface area contributed by atoms with Crippen molar-refractivity contribution in [1.29, 1.82) is 0 Å². The molecule has 1 aliphatic heterocycles. The van der Waals surface area contributed by atoms with Crippen molar-refractivity contribution in [3.8, 4) is 0 Å². The summed E-state index contributed by atoms with van der Waals surface area (Å²) in [6.07, 6.45) is -1.15. The van der Waals surface area contributed by atoms with Crippen LogP contribution < -0.4 is 10.4 Å². The van der Waals surface area contributed by atoms with Crippen LogP contribution in [0.3, 0.4) is 0 Å². The quantitative estimate of drug-likeness (QED) is 0.414. The van der Waals surface area contributed by atoms with E-state index in [9.17, 15) is 4.79 Å². The van der Waals surface area contributed by atoms with E-state index in [0.717, 1.165) is 10.4 Å². The summed E-state index contributed by atoms with van der Waals surface area (Å²) in [5.41, 5.74) is 0. The number of carbonyl (C=O) groups excluding carboxylic acids is 1. The van der Waals surface area contributed by atoms with Crippen molar-refractivity contribution in [2.24, 2.45) is 0 Å². The van der Waals surface area contributed by atoms with E-state index in [-0.39, 0.29) is 5.04 Å². The van der Waals surface area contributed by atoms with Gasteiger partial charge in [0.1, 0.15) is 0 Å². The third-order valence-corrected chi connectivity index (χ3v) is 10.9. The Balaban J connectivity index is 2.11. The highest BCUT2D eigenvalue weighted by Crippen LogP contribution is 2.44. The van der Waals surface area contributed by atoms with Crippen molar-refractivity contribution >= 4 is 47.9 Å². The minimum absolute atomic E-state index is 0.182. The van der Waals surface area contributed by atoms with E-state index in [2.05, 4.69) is 45.0 Å². The first kappa shape index (κ1) is 20.4. The molecule has 1 aliphatic rings. The van der Waals surface area contributed by atoms with Crippen LogP contribution in [-0.2, 0) is 14.0 Å². The van der Waals surface area contributed by atoms with Crippen molar-refractivity contribution in [2.45, 2.75) is 49.3 Å². The number of halogens is 2. The van der Waals surface area contributed by atoms with E-state index in [4.69, 9.17) is 32.4 Å². The van der Waals surface area contributed by atoms with Crippen LogP contribution in [0.25, 0.3) is 0 Å². The number of alkyl halides is 2. The zero-order chi connectivity index (χ0) is 19.9. The largest absolute Gasteiger partial charge is 0.453 e. The zero-order valence-electron chi connectivity index (χ0n) is 15.9. The number of hydrogen-bond acceptors (Lipinski definition) is 3. The lowest BCUT2D eigenvalue weighted by atomic mass is 10.1. The first-order valence-electron chi connectivity index (χ1n) is 8.98. The molecule has 1 saturated heterocycles. The molecule has 1 fully saturated rings. The van der Waals surface area contributed by atoms with Gasteiger partial charge in [-0.3, -0.25) is 0 Å². The average Bonchev–Trinajstić information content (AvgIpc) is 2.64. The Kier molecular flexibility index (Phi) is 5.48. The molecule has 27 heavy (non-hydrogen) atoms. The van der Waals surface area contributed by atoms with Gasteiger partial charge in [0.2, 0.25) is 0 Å². The molecule has 2 aromatic rings. The molecule has 1 heterocycles. The molecular formula is C21H24Cl2O3Si. The molecule has 0 N–H and O–H groups in total. The molecule has 2 aromatic carbocycles. The lowest BCUT2D eigenvalue weighted by Crippen LogP contribution is -2.70. The van der Waals surface area contributed by atoms with Gasteiger partial charge >= 0.3 is 5.97 Å². The van der Waals surface area contributed by atoms with Gasteiger partial charge in [-0.05, 0) is 22.3 Å². The molecule has 3 nitrogen and oxygen atoms in total. The lowest BCUT2D eigenvalue weighted by Gasteiger charge is -2.48. The number of benzene rings is 2. The van der Waals surface area contributed by atoms with Gasteiger partial charge in [0, 0.05) is 0 Å². The normalized spacial score (nSPS) is 20.5. The topological polar surface area (TPSA) is 35.5 Å². The second kappa shape index (κ2) is 7.25. The first-order chi connectivity index (χ1) is 12.6. The van der Waals surface area contributed by atoms with E-state index < -0.39 is 30.8 Å². The van der Waals surface area contributed by atoms with Crippen LogP contribution in [0.1, 0.15) is 27.7 Å². The minimum Gasteiger partial charge on any atom is -0.453 e. The molecule has 6 heteroatoms. The molecule has 0 bridgehead atoms. The Hall–Kier alpha value is -1.33. The maximum atomic E-state index is 11.6. The van der Waals surface area contributed by atoms with Gasteiger partial charge in [0.05, 0.1) is 6.10 Å². The standard InChI is InChI=1S/C21H24Cl2O3Si/c1-15(18-21(22,23)19(24)25-18)26-27(20(2,3)4,16-11-7-5-8-12-16)17-13-9-6-10-14-17/h5-15,18H,1-4H3/t15-,18-/m0/s1. The van der Waals surface area contributed by atoms with Crippen LogP contribution in [-0.4, -0.2) is 30.8 Å². The Labute approximate surface area is 171 Å². The molecule has 0 amide bonds. The Morgan fingerprint density at radius 1 is 1.00 bits per heavy atom. The van der Waals surface area contributed by atoms with Gasteiger partial charge in [-0.2, -0.15) is 0 Å². The van der Waals surface area contributed by atoms with E-state index in [1.807, 2.05) is 43.3 Å². The molecule has 0 saturated carbocycles. The predicted octanol–water partition coefficient (Wildman–Crippen LogP) is 4.05. The average molecular weight is 423 g/mol. The van der Waals surface area contributed by atoms with Gasteiger partial charge < -0.3 is 9.16 Å². The Morgan fingerprint density at radius 3 is 1.78 bits per heavy atom. The zero-order valence-corrected chi connectivity index (χ0v) is 18.4. The molecule has 2 atom stereocenters. The number of ether oxygens (including phenoxy) is 1. The van der Waals surface area contributed by atoms with Crippen LogP contribution >= 0.6 is 23.2 Å². The van der Waals surface area contributed by atoms with Crippen molar-refractivity contribution in [1.82, 2.24) is 0 Å². The monoisotopic (exact) mass is 422 g/mol. The van der Waals surface area contributed by atoms with Crippen molar-refractivity contribution in [2.75, 3.05) is 0 Å². The fourth-order valence-electron chi connectivity index (χ4n) is 3.75. The summed E-state index contributed by atoms with van der Waals surface area (Å²) >= 11 is 12.4. The number of esters is 1. The highest BCUT2D eigenvalue weighted by molar-refractivity contribution is 6.99. The van der Waals surface area contributed by atoms with Crippen LogP contribution in [0.2, 0.25) is 5.04 Å². The number of hydrogen-bond donors (Lipinski definition) is 0. The maximum Gasteiger partial charge on any atom is 0.347 e. The van der Waals surface area contributed by atoms with Crippen LogP contribution in [0, 0.1) is 0 Å². The third kappa shape index (κ3) is 3.44. The highest BCUT2D eigenvalue weighted by Gasteiger charge is 2.61. The van der Waals surface area contributed by atoms with E-state index in [1.54, 1.807) is 0 Å². The summed E-state index contributed by atoms with van der Waals surface area (Å²) in [5.74, 6) is -0.617. The molecule has 0 spiro atoms. The summed E-state index contributed by atoms with van der Waals surface area (Å²) in [4.78, 5) is 11.6. The van der Waals surface area contributed by atoms with Gasteiger partial charge in [0.15, 0.2) is 6.10 Å². The highest BCUT2D eigenvalue weighted by atomic mass is 35.5. The Morgan fingerprint density at radius 2 is 1.44 bits per heavy atom. The van der Waals surface area contributed by atoms with Gasteiger partial charge in [-0.15, -0.1) is 0 Å². The molecular weight excluding hydrogens is 399 g/mol. The van der Waals surface area contributed by atoms with Crippen molar-refractivity contribution in [3.63, 3.8) is 0 Å². The maximum absolute atomic E-state index is 11.6. The summed E-state index contributed by atoms with van der Waals surface area (Å²) in [6.45, 7) is 8.43. The minimum atomic E-state index is -2.75. The van der Waals surface area contributed by atoms with Gasteiger partial charge in [-0.1, -0.05) is 105 Å². The van der Waals surface area contributed by atoms with Gasteiger partial charge in [0.25, 0.3) is 12.7 Å². The first-order valence-corrected chi connectivity index (χ1v) is 11.6. The van der Waals surface area contributed by atoms with Crippen molar-refractivity contribution in [3.05, 3.63) is 60.7 Å². The summed E-state index contributed by atoms with van der Waals surface area (Å²) < 4.78 is 10.5. The molecule has 0 unspecified atom stereocenters. The summed E-state index contributed by atoms with van der Waals surface area (Å²) in [6, 6.07) is 20.5. The molecule has 0 aliphatic carbocycles. The van der Waals surface area contributed by atoms with E-state index >= 15 is 0 Å². The van der Waals surface area contributed by atoms with Crippen molar-refractivity contribution < 1.29 is 14.0 Å². The van der Waals surface area contributed by atoms with E-state index in [0.29, 0.717) is 0 Å². The molecule has 144 valence electrons. The predicted molar refractivity (Wildman–Crippen MR) is 112 cm³/mol. The molecule has 0 radical (unpaired) electrons. The summed E-state index contributed by atoms with van der Waals surface area (Å²) in [7, 11) is -2.75. The second-order valence-corrected chi connectivity index (χ2v) is 13.6. The van der Waals surface area contributed by atoms with E-state index in [1.165, 1.54) is 0 Å². The fourth-order valence-corrected chi connectivity index (χ4v) is 8.98. The second-order valence-electron chi connectivity index (χ2n) is 7.94. The fraction of sp³-hybridized carbons (Fsp3) is 0.381. The smallest absolute Gasteiger partial charge is 0.347 e. The number of cyclic esters (lactones) is 1. The molecule has 0 aromatic heterocycles. The van der Waals surface area contributed by atoms with Crippen LogP contribution in [0.4, 0.5) is 0 Å². The molecule has 3 rings (SSSR count). The lowest BCUT2D eigenvalue weighted by molar-refractivity contribution is -0.180.